The molecule has 2 aromatic heterocycles. The first-order valence-electron chi connectivity index (χ1n) is 7.97. The second kappa shape index (κ2) is 7.59. The molecule has 3 aromatic rings. The van der Waals surface area contributed by atoms with Crippen molar-refractivity contribution in [1.82, 2.24) is 10.3 Å². The van der Waals surface area contributed by atoms with Crippen molar-refractivity contribution in [3.05, 3.63) is 53.4 Å². The van der Waals surface area contributed by atoms with Crippen LogP contribution in [-0.4, -0.2) is 22.0 Å². The van der Waals surface area contributed by atoms with E-state index in [0.29, 0.717) is 25.0 Å². The van der Waals surface area contributed by atoms with E-state index in [1.54, 1.807) is 23.5 Å². The molecule has 3 rings (SSSR count). The number of thiazole rings is 1. The van der Waals surface area contributed by atoms with Crippen LogP contribution < -0.4 is 5.32 Å². The SMILES string of the molecule is CC(CC(O)c1ccco1)NC(=O)CCc1nc2ccccc2s1. The highest BCUT2D eigenvalue weighted by atomic mass is 32.1. The van der Waals surface area contributed by atoms with Gasteiger partial charge in [-0.05, 0) is 31.2 Å². The first kappa shape index (κ1) is 16.7. The van der Waals surface area contributed by atoms with E-state index in [0.717, 1.165) is 15.2 Å². The molecule has 2 atom stereocenters. The van der Waals surface area contributed by atoms with Gasteiger partial charge in [-0.15, -0.1) is 11.3 Å². The molecule has 0 aliphatic carbocycles. The van der Waals surface area contributed by atoms with E-state index in [1.165, 1.54) is 6.26 Å². The number of nitrogens with one attached hydrogen (secondary N) is 1. The van der Waals surface area contributed by atoms with Gasteiger partial charge in [-0.2, -0.15) is 0 Å². The Morgan fingerprint density at radius 1 is 1.33 bits per heavy atom. The highest BCUT2D eigenvalue weighted by molar-refractivity contribution is 7.18. The van der Waals surface area contributed by atoms with Crippen LogP contribution in [0.5, 0.6) is 0 Å². The predicted octanol–water partition coefficient (Wildman–Crippen LogP) is 3.45. The molecule has 6 heteroatoms. The van der Waals surface area contributed by atoms with E-state index in [4.69, 9.17) is 4.42 Å². The Hall–Kier alpha value is -2.18. The zero-order valence-corrected chi connectivity index (χ0v) is 14.3. The van der Waals surface area contributed by atoms with Crippen LogP contribution in [0.15, 0.2) is 47.1 Å². The highest BCUT2D eigenvalue weighted by Crippen LogP contribution is 2.22. The molecule has 5 nitrogen and oxygen atoms in total. The van der Waals surface area contributed by atoms with E-state index < -0.39 is 6.10 Å². The molecular weight excluding hydrogens is 324 g/mol. The van der Waals surface area contributed by atoms with Crippen LogP contribution in [0.2, 0.25) is 0 Å². The minimum atomic E-state index is -0.709. The van der Waals surface area contributed by atoms with Gasteiger partial charge in [0.1, 0.15) is 11.9 Å². The summed E-state index contributed by atoms with van der Waals surface area (Å²) in [5, 5.41) is 13.9. The van der Waals surface area contributed by atoms with Gasteiger partial charge in [0.25, 0.3) is 0 Å². The van der Waals surface area contributed by atoms with Crippen molar-refractivity contribution in [3.8, 4) is 0 Å². The normalized spacial score (nSPS) is 13.8. The maximum absolute atomic E-state index is 12.1. The molecule has 2 N–H and O–H groups in total. The standard InChI is InChI=1S/C18H20N2O3S/c1-12(11-14(21)15-6-4-10-23-15)19-17(22)8-9-18-20-13-5-2-3-7-16(13)24-18/h2-7,10,12,14,21H,8-9,11H2,1H3,(H,19,22). The number of hydrogen-bond donors (Lipinski definition) is 2. The van der Waals surface area contributed by atoms with Crippen molar-refractivity contribution in [2.75, 3.05) is 0 Å². The van der Waals surface area contributed by atoms with Crippen LogP contribution in [0.25, 0.3) is 10.2 Å². The van der Waals surface area contributed by atoms with E-state index in [2.05, 4.69) is 10.3 Å². The molecule has 1 aromatic carbocycles. The number of fused-ring (bicyclic) bond motifs is 1. The number of para-hydroxylation sites is 1. The van der Waals surface area contributed by atoms with Gasteiger partial charge < -0.3 is 14.8 Å². The van der Waals surface area contributed by atoms with Crippen LogP contribution >= 0.6 is 11.3 Å². The fourth-order valence-electron chi connectivity index (χ4n) is 2.59. The molecule has 0 aliphatic heterocycles. The molecule has 0 fully saturated rings. The van der Waals surface area contributed by atoms with Crippen LogP contribution in [-0.2, 0) is 11.2 Å². The number of carbonyl (C=O) groups is 1. The maximum atomic E-state index is 12.1. The summed E-state index contributed by atoms with van der Waals surface area (Å²) in [5.74, 6) is 0.485. The number of nitrogens with zero attached hydrogens (tertiary/aromatic N) is 1. The number of benzene rings is 1. The van der Waals surface area contributed by atoms with Gasteiger partial charge in [0.2, 0.25) is 5.91 Å². The number of carbonyl (C=O) groups excluding carboxylic acids is 1. The monoisotopic (exact) mass is 344 g/mol. The number of rotatable bonds is 7. The number of aliphatic hydroxyl groups excluding tert-OH is 1. The lowest BCUT2D eigenvalue weighted by Crippen LogP contribution is -2.33. The molecule has 0 bridgehead atoms. The molecular formula is C18H20N2O3S. The van der Waals surface area contributed by atoms with Crippen molar-refractivity contribution in [3.63, 3.8) is 0 Å². The van der Waals surface area contributed by atoms with Crippen molar-refractivity contribution in [2.24, 2.45) is 0 Å². The maximum Gasteiger partial charge on any atom is 0.220 e. The fraction of sp³-hybridized carbons (Fsp3) is 0.333. The highest BCUT2D eigenvalue weighted by Gasteiger charge is 2.16. The quantitative estimate of drug-likeness (QED) is 0.688. The molecule has 126 valence electrons. The van der Waals surface area contributed by atoms with Gasteiger partial charge >= 0.3 is 0 Å². The Kier molecular flexibility index (Phi) is 5.27. The first-order chi connectivity index (χ1) is 11.6. The van der Waals surface area contributed by atoms with Gasteiger partial charge in [0, 0.05) is 25.3 Å². The average Bonchev–Trinajstić information content (AvgIpc) is 3.21. The summed E-state index contributed by atoms with van der Waals surface area (Å²) in [6, 6.07) is 11.3. The number of amides is 1. The number of hydrogen-bond acceptors (Lipinski definition) is 5. The number of aliphatic hydroxyl groups is 1. The van der Waals surface area contributed by atoms with Crippen LogP contribution in [0.1, 0.15) is 36.6 Å². The van der Waals surface area contributed by atoms with Crippen LogP contribution in [0.3, 0.4) is 0 Å². The van der Waals surface area contributed by atoms with Crippen molar-refractivity contribution in [1.29, 1.82) is 0 Å². The number of aryl methyl sites for hydroxylation is 1. The lowest BCUT2D eigenvalue weighted by atomic mass is 10.1. The summed E-state index contributed by atoms with van der Waals surface area (Å²) in [4.78, 5) is 16.6. The summed E-state index contributed by atoms with van der Waals surface area (Å²) >= 11 is 1.62. The summed E-state index contributed by atoms with van der Waals surface area (Å²) in [6.07, 6.45) is 2.25. The largest absolute Gasteiger partial charge is 0.467 e. The van der Waals surface area contributed by atoms with E-state index >= 15 is 0 Å². The van der Waals surface area contributed by atoms with Gasteiger partial charge in [0.05, 0.1) is 21.5 Å². The average molecular weight is 344 g/mol. The fourth-order valence-corrected chi connectivity index (χ4v) is 3.55. The summed E-state index contributed by atoms with van der Waals surface area (Å²) in [7, 11) is 0. The molecule has 0 spiro atoms. The summed E-state index contributed by atoms with van der Waals surface area (Å²) in [6.45, 7) is 1.88. The van der Waals surface area contributed by atoms with Crippen molar-refractivity contribution >= 4 is 27.5 Å². The third-order valence-corrected chi connectivity index (χ3v) is 4.86. The molecule has 0 saturated carbocycles. The minimum Gasteiger partial charge on any atom is -0.467 e. The zero-order chi connectivity index (χ0) is 16.9. The summed E-state index contributed by atoms with van der Waals surface area (Å²) < 4.78 is 6.31. The van der Waals surface area contributed by atoms with Gasteiger partial charge in [-0.1, -0.05) is 12.1 Å². The Morgan fingerprint density at radius 3 is 2.92 bits per heavy atom. The van der Waals surface area contributed by atoms with Gasteiger partial charge in [-0.3, -0.25) is 4.79 Å². The Labute approximate surface area is 144 Å². The lowest BCUT2D eigenvalue weighted by molar-refractivity contribution is -0.121. The number of aromatic nitrogens is 1. The van der Waals surface area contributed by atoms with E-state index in [1.807, 2.05) is 31.2 Å². The molecule has 2 unspecified atom stereocenters. The Morgan fingerprint density at radius 2 is 2.17 bits per heavy atom. The van der Waals surface area contributed by atoms with Crippen molar-refractivity contribution < 1.29 is 14.3 Å². The number of furan rings is 1. The summed E-state index contributed by atoms with van der Waals surface area (Å²) in [5.41, 5.74) is 0.979. The van der Waals surface area contributed by atoms with Gasteiger partial charge in [-0.25, -0.2) is 4.98 Å². The molecule has 2 heterocycles. The predicted molar refractivity (Wildman–Crippen MR) is 93.8 cm³/mol. The van der Waals surface area contributed by atoms with Crippen LogP contribution in [0.4, 0.5) is 0 Å². The Bertz CT molecular complexity index is 765. The third kappa shape index (κ3) is 4.21. The van der Waals surface area contributed by atoms with E-state index in [9.17, 15) is 9.90 Å². The second-order valence-corrected chi connectivity index (χ2v) is 6.93. The lowest BCUT2D eigenvalue weighted by Gasteiger charge is -2.16. The smallest absolute Gasteiger partial charge is 0.220 e. The molecule has 24 heavy (non-hydrogen) atoms. The molecule has 0 radical (unpaired) electrons. The van der Waals surface area contributed by atoms with E-state index in [-0.39, 0.29) is 11.9 Å². The van der Waals surface area contributed by atoms with Crippen molar-refractivity contribution in [2.45, 2.75) is 38.3 Å². The molecule has 1 amide bonds. The minimum absolute atomic E-state index is 0.0339. The van der Waals surface area contributed by atoms with Crippen LogP contribution in [0, 0.1) is 0 Å². The zero-order valence-electron chi connectivity index (χ0n) is 13.4. The first-order valence-corrected chi connectivity index (χ1v) is 8.79. The molecule has 0 saturated heterocycles. The molecule has 0 aliphatic rings. The topological polar surface area (TPSA) is 75.4 Å². The van der Waals surface area contributed by atoms with Gasteiger partial charge in [0.15, 0.2) is 0 Å². The Balaban J connectivity index is 1.46. The third-order valence-electron chi connectivity index (χ3n) is 3.76. The second-order valence-electron chi connectivity index (χ2n) is 5.81.